The molecule has 2 heterocycles. The number of nitrogens with two attached hydrogens (primary N) is 1. The normalized spacial score (nSPS) is 11.2. The molecule has 21 heavy (non-hydrogen) atoms. The van der Waals surface area contributed by atoms with E-state index in [2.05, 4.69) is 21.8 Å². The van der Waals surface area contributed by atoms with Crippen LogP contribution in [0.15, 0.2) is 42.7 Å². The summed E-state index contributed by atoms with van der Waals surface area (Å²) in [6.07, 6.45) is 4.68. The highest BCUT2D eigenvalue weighted by atomic mass is 19.1. The Balaban J connectivity index is 2.06. The zero-order valence-electron chi connectivity index (χ0n) is 12.0. The van der Waals surface area contributed by atoms with Gasteiger partial charge in [-0.2, -0.15) is 0 Å². The maximum absolute atomic E-state index is 13.4. The fraction of sp³-hybridized carbons (Fsp3) is 0.235. The van der Waals surface area contributed by atoms with Crippen LogP contribution < -0.4 is 5.73 Å². The number of hydrogen-bond acceptors (Lipinski definition) is 2. The van der Waals surface area contributed by atoms with E-state index in [1.165, 1.54) is 11.6 Å². The second-order valence-corrected chi connectivity index (χ2v) is 5.27. The number of rotatable bonds is 4. The van der Waals surface area contributed by atoms with Gasteiger partial charge < -0.3 is 10.3 Å². The van der Waals surface area contributed by atoms with Gasteiger partial charge in [0.25, 0.3) is 0 Å². The molecule has 0 spiro atoms. The van der Waals surface area contributed by atoms with Gasteiger partial charge in [-0.3, -0.25) is 0 Å². The fourth-order valence-electron chi connectivity index (χ4n) is 2.66. The third-order valence-electron chi connectivity index (χ3n) is 3.78. The van der Waals surface area contributed by atoms with Gasteiger partial charge in [0.2, 0.25) is 0 Å². The van der Waals surface area contributed by atoms with Crippen LogP contribution in [-0.2, 0) is 13.0 Å². The first-order valence-electron chi connectivity index (χ1n) is 7.07. The Morgan fingerprint density at radius 1 is 1.24 bits per heavy atom. The van der Waals surface area contributed by atoms with Gasteiger partial charge in [0.05, 0.1) is 0 Å². The number of aryl methyl sites for hydroxylation is 1. The molecule has 2 aromatic heterocycles. The quantitative estimate of drug-likeness (QED) is 0.800. The smallest absolute Gasteiger partial charge is 0.140 e. The van der Waals surface area contributed by atoms with Gasteiger partial charge in [-0.15, -0.1) is 0 Å². The standard InChI is InChI=1S/C17H18FN3/c1-12-4-5-15(18)9-14(12)11-21-10-13(6-7-19)16-3-2-8-20-17(16)21/h2-5,8-10H,6-7,11,19H2,1H3. The molecular formula is C17H18FN3. The fourth-order valence-corrected chi connectivity index (χ4v) is 2.66. The van der Waals surface area contributed by atoms with E-state index in [9.17, 15) is 4.39 Å². The predicted octanol–water partition coefficient (Wildman–Crippen LogP) is 3.03. The third kappa shape index (κ3) is 2.67. The van der Waals surface area contributed by atoms with Gasteiger partial charge in [-0.25, -0.2) is 9.37 Å². The molecule has 3 aromatic rings. The molecule has 0 unspecified atom stereocenters. The van der Waals surface area contributed by atoms with Crippen LogP contribution in [0, 0.1) is 12.7 Å². The van der Waals surface area contributed by atoms with Crippen molar-refractivity contribution in [2.45, 2.75) is 19.9 Å². The van der Waals surface area contributed by atoms with E-state index in [0.29, 0.717) is 13.1 Å². The van der Waals surface area contributed by atoms with Gasteiger partial charge in [-0.05, 0) is 60.8 Å². The Kier molecular flexibility index (Phi) is 3.71. The molecule has 1 aromatic carbocycles. The molecule has 0 fully saturated rings. The molecule has 0 amide bonds. The molecule has 3 rings (SSSR count). The van der Waals surface area contributed by atoms with Crippen molar-refractivity contribution in [2.24, 2.45) is 5.73 Å². The van der Waals surface area contributed by atoms with Crippen LogP contribution in [0.4, 0.5) is 4.39 Å². The highest BCUT2D eigenvalue weighted by molar-refractivity contribution is 5.80. The van der Waals surface area contributed by atoms with Crippen molar-refractivity contribution < 1.29 is 4.39 Å². The highest BCUT2D eigenvalue weighted by Crippen LogP contribution is 2.22. The summed E-state index contributed by atoms with van der Waals surface area (Å²) in [6, 6.07) is 8.88. The predicted molar refractivity (Wildman–Crippen MR) is 82.7 cm³/mol. The second-order valence-electron chi connectivity index (χ2n) is 5.27. The van der Waals surface area contributed by atoms with E-state index in [0.717, 1.165) is 28.6 Å². The summed E-state index contributed by atoms with van der Waals surface area (Å²) >= 11 is 0. The first-order valence-corrected chi connectivity index (χ1v) is 7.07. The van der Waals surface area contributed by atoms with E-state index < -0.39 is 0 Å². The Morgan fingerprint density at radius 3 is 2.90 bits per heavy atom. The minimum absolute atomic E-state index is 0.206. The number of benzene rings is 1. The van der Waals surface area contributed by atoms with E-state index in [4.69, 9.17) is 5.73 Å². The molecule has 0 bridgehead atoms. The van der Waals surface area contributed by atoms with E-state index in [1.807, 2.05) is 19.1 Å². The molecule has 0 radical (unpaired) electrons. The lowest BCUT2D eigenvalue weighted by atomic mass is 10.1. The molecule has 2 N–H and O–H groups in total. The van der Waals surface area contributed by atoms with Crippen LogP contribution in [-0.4, -0.2) is 16.1 Å². The average molecular weight is 283 g/mol. The van der Waals surface area contributed by atoms with Crippen molar-refractivity contribution in [1.29, 1.82) is 0 Å². The lowest BCUT2D eigenvalue weighted by molar-refractivity contribution is 0.623. The van der Waals surface area contributed by atoms with E-state index in [1.54, 1.807) is 12.3 Å². The minimum Gasteiger partial charge on any atom is -0.330 e. The van der Waals surface area contributed by atoms with E-state index >= 15 is 0 Å². The van der Waals surface area contributed by atoms with Crippen LogP contribution >= 0.6 is 0 Å². The summed E-state index contributed by atoms with van der Waals surface area (Å²) in [5.41, 5.74) is 9.84. The molecule has 0 saturated carbocycles. The number of pyridine rings is 1. The molecule has 3 nitrogen and oxygen atoms in total. The molecule has 0 atom stereocenters. The second kappa shape index (κ2) is 5.66. The van der Waals surface area contributed by atoms with Gasteiger partial charge in [-0.1, -0.05) is 6.07 Å². The monoisotopic (exact) mass is 283 g/mol. The number of nitrogens with zero attached hydrogens (tertiary/aromatic N) is 2. The summed E-state index contributed by atoms with van der Waals surface area (Å²) in [5, 5.41) is 1.12. The van der Waals surface area contributed by atoms with E-state index in [-0.39, 0.29) is 5.82 Å². The number of fused-ring (bicyclic) bond motifs is 1. The number of halogens is 1. The maximum atomic E-state index is 13.4. The Bertz CT molecular complexity index is 777. The Morgan fingerprint density at radius 2 is 2.10 bits per heavy atom. The lowest BCUT2D eigenvalue weighted by Gasteiger charge is -2.08. The van der Waals surface area contributed by atoms with Crippen LogP contribution in [0.1, 0.15) is 16.7 Å². The maximum Gasteiger partial charge on any atom is 0.140 e. The van der Waals surface area contributed by atoms with Crippen LogP contribution in [0.3, 0.4) is 0 Å². The molecule has 0 saturated heterocycles. The van der Waals surface area contributed by atoms with Crippen molar-refractivity contribution in [3.63, 3.8) is 0 Å². The largest absolute Gasteiger partial charge is 0.330 e. The molecule has 0 aliphatic heterocycles. The first-order chi connectivity index (χ1) is 10.2. The Hall–Kier alpha value is -2.20. The summed E-state index contributed by atoms with van der Waals surface area (Å²) in [7, 11) is 0. The molecule has 4 heteroatoms. The van der Waals surface area contributed by atoms with Gasteiger partial charge >= 0.3 is 0 Å². The number of aromatic nitrogens is 2. The average Bonchev–Trinajstić information content (AvgIpc) is 2.82. The topological polar surface area (TPSA) is 43.8 Å². The molecule has 108 valence electrons. The van der Waals surface area contributed by atoms with Crippen molar-refractivity contribution in [3.05, 3.63) is 65.2 Å². The molecular weight excluding hydrogens is 265 g/mol. The number of hydrogen-bond donors (Lipinski definition) is 1. The first kappa shape index (κ1) is 13.8. The van der Waals surface area contributed by atoms with Gasteiger partial charge in [0, 0.05) is 24.3 Å². The van der Waals surface area contributed by atoms with Crippen LogP contribution in [0.2, 0.25) is 0 Å². The van der Waals surface area contributed by atoms with Crippen molar-refractivity contribution in [2.75, 3.05) is 6.54 Å². The van der Waals surface area contributed by atoms with Crippen molar-refractivity contribution >= 4 is 11.0 Å². The highest BCUT2D eigenvalue weighted by Gasteiger charge is 2.10. The van der Waals surface area contributed by atoms with Gasteiger partial charge in [0.1, 0.15) is 11.5 Å². The zero-order chi connectivity index (χ0) is 14.8. The Labute approximate surface area is 123 Å². The van der Waals surface area contributed by atoms with Crippen LogP contribution in [0.5, 0.6) is 0 Å². The summed E-state index contributed by atoms with van der Waals surface area (Å²) in [6.45, 7) is 3.21. The molecule has 0 aliphatic carbocycles. The zero-order valence-corrected chi connectivity index (χ0v) is 12.0. The third-order valence-corrected chi connectivity index (χ3v) is 3.78. The van der Waals surface area contributed by atoms with Crippen molar-refractivity contribution in [3.8, 4) is 0 Å². The molecule has 0 aliphatic rings. The van der Waals surface area contributed by atoms with Gasteiger partial charge in [0.15, 0.2) is 0 Å². The SMILES string of the molecule is Cc1ccc(F)cc1Cn1cc(CCN)c2cccnc21. The lowest BCUT2D eigenvalue weighted by Crippen LogP contribution is -2.03. The minimum atomic E-state index is -0.206. The summed E-state index contributed by atoms with van der Waals surface area (Å²) < 4.78 is 15.5. The van der Waals surface area contributed by atoms with Crippen molar-refractivity contribution in [1.82, 2.24) is 9.55 Å². The van der Waals surface area contributed by atoms with Crippen LogP contribution in [0.25, 0.3) is 11.0 Å². The summed E-state index contributed by atoms with van der Waals surface area (Å²) in [5.74, 6) is -0.206. The summed E-state index contributed by atoms with van der Waals surface area (Å²) in [4.78, 5) is 4.46.